The van der Waals surface area contributed by atoms with E-state index in [1.165, 1.54) is 19.3 Å². The maximum absolute atomic E-state index is 12.4. The molecule has 0 N–H and O–H groups in total. The van der Waals surface area contributed by atoms with E-state index in [0.29, 0.717) is 6.42 Å². The third kappa shape index (κ3) is 9.36. The molecule has 0 amide bonds. The minimum atomic E-state index is -1.41. The van der Waals surface area contributed by atoms with Crippen LogP contribution in [0.5, 0.6) is 0 Å². The van der Waals surface area contributed by atoms with Crippen LogP contribution in [0.4, 0.5) is 4.39 Å². The van der Waals surface area contributed by atoms with Gasteiger partial charge in [-0.1, -0.05) is 43.7 Å². The lowest BCUT2D eigenvalue weighted by atomic mass is 10.1. The number of unbranched alkanes of at least 4 members (excludes halogenated alkanes) is 5. The highest BCUT2D eigenvalue weighted by Crippen LogP contribution is 2.18. The van der Waals surface area contributed by atoms with E-state index in [9.17, 15) is 4.39 Å². The second-order valence-electron chi connectivity index (χ2n) is 3.45. The number of hydrogen-bond acceptors (Lipinski definition) is 0. The summed E-state index contributed by atoms with van der Waals surface area (Å²) in [4.78, 5) is 0. The predicted molar refractivity (Wildman–Crippen MR) is 63.4 cm³/mol. The molecule has 86 valence electrons. The number of halogens is 4. The lowest BCUT2D eigenvalue weighted by Gasteiger charge is -2.08. The molecule has 0 saturated carbocycles. The van der Waals surface area contributed by atoms with Crippen LogP contribution in [-0.4, -0.2) is 16.9 Å². The van der Waals surface area contributed by atoms with E-state index in [2.05, 4.69) is 0 Å². The smallest absolute Gasteiger partial charge is 0.189 e. The van der Waals surface area contributed by atoms with Crippen LogP contribution >= 0.6 is 34.8 Å². The first kappa shape index (κ1) is 14.8. The molecular weight excluding hydrogens is 245 g/mol. The highest BCUT2D eigenvalue weighted by molar-refractivity contribution is 6.29. The van der Waals surface area contributed by atoms with Crippen LogP contribution in [0.2, 0.25) is 0 Å². The molecule has 0 fully saturated rings. The van der Waals surface area contributed by atoms with Crippen LogP contribution in [0.25, 0.3) is 0 Å². The summed E-state index contributed by atoms with van der Waals surface area (Å²) < 4.78 is 12.4. The van der Waals surface area contributed by atoms with Gasteiger partial charge in [-0.3, -0.25) is 0 Å². The largest absolute Gasteiger partial charge is 0.228 e. The van der Waals surface area contributed by atoms with Gasteiger partial charge in [-0.2, -0.15) is 0 Å². The van der Waals surface area contributed by atoms with Crippen LogP contribution in [0, 0.1) is 0 Å². The molecule has 2 atom stereocenters. The summed E-state index contributed by atoms with van der Waals surface area (Å²) >= 11 is 16.4. The molecule has 0 aliphatic carbocycles. The van der Waals surface area contributed by atoms with Gasteiger partial charge in [-0.05, 0) is 12.8 Å². The van der Waals surface area contributed by atoms with Gasteiger partial charge >= 0.3 is 0 Å². The lowest BCUT2D eigenvalue weighted by Crippen LogP contribution is -2.08. The van der Waals surface area contributed by atoms with Crippen molar-refractivity contribution in [3.63, 3.8) is 0 Å². The second-order valence-corrected chi connectivity index (χ2v) is 4.80. The van der Waals surface area contributed by atoms with E-state index in [1.807, 2.05) is 0 Å². The Hall–Kier alpha value is 0.800. The lowest BCUT2D eigenvalue weighted by molar-refractivity contribution is 0.409. The standard InChI is InChI=1S/C10H18Cl3F/c11-8-6-4-2-1-3-5-7-9(12)10(13)14/h9-10H,1-8H2. The van der Waals surface area contributed by atoms with E-state index >= 15 is 0 Å². The van der Waals surface area contributed by atoms with Crippen molar-refractivity contribution >= 4 is 34.8 Å². The van der Waals surface area contributed by atoms with Gasteiger partial charge < -0.3 is 0 Å². The highest BCUT2D eigenvalue weighted by Gasteiger charge is 2.13. The maximum Gasteiger partial charge on any atom is 0.189 e. The summed E-state index contributed by atoms with van der Waals surface area (Å²) in [5, 5.41) is -0.528. The van der Waals surface area contributed by atoms with Gasteiger partial charge in [0.1, 0.15) is 0 Å². The zero-order valence-electron chi connectivity index (χ0n) is 8.32. The molecule has 14 heavy (non-hydrogen) atoms. The summed E-state index contributed by atoms with van der Waals surface area (Å²) in [6.45, 7) is 0. The van der Waals surface area contributed by atoms with Gasteiger partial charge in [0.25, 0.3) is 0 Å². The Kier molecular flexibility index (Phi) is 10.9. The van der Waals surface area contributed by atoms with Crippen molar-refractivity contribution in [2.75, 3.05) is 5.88 Å². The SMILES string of the molecule is FC(Cl)C(Cl)CCCCCCCCCl. The van der Waals surface area contributed by atoms with E-state index in [0.717, 1.165) is 25.1 Å². The summed E-state index contributed by atoms with van der Waals surface area (Å²) in [7, 11) is 0. The van der Waals surface area contributed by atoms with E-state index in [4.69, 9.17) is 34.8 Å². The molecule has 0 aromatic heterocycles. The molecular formula is C10H18Cl3F. The molecule has 0 aliphatic heterocycles. The van der Waals surface area contributed by atoms with Gasteiger partial charge in [-0.15, -0.1) is 23.2 Å². The van der Waals surface area contributed by atoms with Crippen molar-refractivity contribution in [1.82, 2.24) is 0 Å². The molecule has 0 nitrogen and oxygen atoms in total. The fourth-order valence-corrected chi connectivity index (χ4v) is 1.74. The second kappa shape index (κ2) is 10.3. The molecule has 2 unspecified atom stereocenters. The maximum atomic E-state index is 12.4. The fraction of sp³-hybridized carbons (Fsp3) is 1.00. The quantitative estimate of drug-likeness (QED) is 0.401. The predicted octanol–water partition coefficient (Wildman–Crippen LogP) is 5.10. The van der Waals surface area contributed by atoms with Crippen molar-refractivity contribution < 1.29 is 4.39 Å². The Morgan fingerprint density at radius 3 is 1.86 bits per heavy atom. The minimum Gasteiger partial charge on any atom is -0.228 e. The Morgan fingerprint density at radius 2 is 1.36 bits per heavy atom. The Morgan fingerprint density at radius 1 is 0.857 bits per heavy atom. The zero-order chi connectivity index (χ0) is 10.8. The van der Waals surface area contributed by atoms with Crippen LogP contribution in [0.15, 0.2) is 0 Å². The van der Waals surface area contributed by atoms with Crippen LogP contribution in [0.3, 0.4) is 0 Å². The summed E-state index contributed by atoms with van der Waals surface area (Å²) in [5.41, 5.74) is -1.41. The van der Waals surface area contributed by atoms with Gasteiger partial charge in [0.15, 0.2) is 5.63 Å². The van der Waals surface area contributed by atoms with E-state index < -0.39 is 11.0 Å². The van der Waals surface area contributed by atoms with Gasteiger partial charge in [0.2, 0.25) is 0 Å². The first-order valence-electron chi connectivity index (χ1n) is 5.16. The summed E-state index contributed by atoms with van der Waals surface area (Å²) in [6, 6.07) is 0. The average Bonchev–Trinajstić information content (AvgIpc) is 2.16. The molecule has 4 heteroatoms. The monoisotopic (exact) mass is 262 g/mol. The number of alkyl halides is 4. The minimum absolute atomic E-state index is 0.528. The Labute approximate surface area is 101 Å². The van der Waals surface area contributed by atoms with Gasteiger partial charge in [0, 0.05) is 5.88 Å². The van der Waals surface area contributed by atoms with Crippen molar-refractivity contribution in [2.45, 2.75) is 56.0 Å². The first-order valence-corrected chi connectivity index (χ1v) is 6.57. The molecule has 0 rings (SSSR count). The van der Waals surface area contributed by atoms with Crippen LogP contribution < -0.4 is 0 Å². The summed E-state index contributed by atoms with van der Waals surface area (Å²) in [5.74, 6) is 0.750. The number of rotatable bonds is 9. The van der Waals surface area contributed by atoms with Crippen molar-refractivity contribution in [3.8, 4) is 0 Å². The van der Waals surface area contributed by atoms with Crippen LogP contribution in [0.1, 0.15) is 44.9 Å². The molecule has 0 heterocycles. The third-order valence-corrected chi connectivity index (χ3v) is 3.28. The molecule has 0 spiro atoms. The first-order chi connectivity index (χ1) is 6.68. The van der Waals surface area contributed by atoms with Crippen molar-refractivity contribution in [3.05, 3.63) is 0 Å². The Balaban J connectivity index is 3.06. The molecule has 0 radical (unpaired) electrons. The van der Waals surface area contributed by atoms with E-state index in [1.54, 1.807) is 0 Å². The summed E-state index contributed by atoms with van der Waals surface area (Å²) in [6.07, 6.45) is 7.40. The normalized spacial score (nSPS) is 15.4. The van der Waals surface area contributed by atoms with Crippen molar-refractivity contribution in [2.24, 2.45) is 0 Å². The number of hydrogen-bond donors (Lipinski definition) is 0. The average molecular weight is 264 g/mol. The molecule has 0 saturated heterocycles. The molecule has 0 bridgehead atoms. The van der Waals surface area contributed by atoms with Crippen molar-refractivity contribution in [1.29, 1.82) is 0 Å². The fourth-order valence-electron chi connectivity index (χ4n) is 1.27. The molecule has 0 aliphatic rings. The highest BCUT2D eigenvalue weighted by atomic mass is 35.5. The van der Waals surface area contributed by atoms with Crippen LogP contribution in [-0.2, 0) is 0 Å². The molecule has 0 aromatic carbocycles. The van der Waals surface area contributed by atoms with Gasteiger partial charge in [0.05, 0.1) is 5.38 Å². The van der Waals surface area contributed by atoms with E-state index in [-0.39, 0.29) is 0 Å². The topological polar surface area (TPSA) is 0 Å². The zero-order valence-corrected chi connectivity index (χ0v) is 10.6. The Bertz CT molecular complexity index is 120. The third-order valence-electron chi connectivity index (χ3n) is 2.14. The van der Waals surface area contributed by atoms with Gasteiger partial charge in [-0.25, -0.2) is 4.39 Å². The molecule has 0 aromatic rings.